The van der Waals surface area contributed by atoms with Crippen molar-refractivity contribution in [3.8, 4) is 0 Å². The average molecular weight is 229 g/mol. The van der Waals surface area contributed by atoms with Crippen LogP contribution in [0.1, 0.15) is 46.0 Å². The van der Waals surface area contributed by atoms with Crippen LogP contribution in [0, 0.1) is 0 Å². The predicted molar refractivity (Wildman–Crippen MR) is 73.7 cm³/mol. The average Bonchev–Trinajstić information content (AvgIpc) is 2.22. The molecule has 1 N–H and O–H groups in total. The van der Waals surface area contributed by atoms with Crippen LogP contribution in [0.5, 0.6) is 0 Å². The highest BCUT2D eigenvalue weighted by molar-refractivity contribution is 7.99. The third-order valence-electron chi connectivity index (χ3n) is 2.50. The lowest BCUT2D eigenvalue weighted by atomic mass is 10.1. The number of hydrogen-bond acceptors (Lipinski definition) is 2. The van der Waals surface area contributed by atoms with E-state index in [1.54, 1.807) is 0 Å². The summed E-state index contributed by atoms with van der Waals surface area (Å²) in [5.41, 5.74) is 0. The molecule has 2 heteroatoms. The molecule has 0 bridgehead atoms. The van der Waals surface area contributed by atoms with Crippen molar-refractivity contribution in [2.45, 2.75) is 57.2 Å². The van der Waals surface area contributed by atoms with E-state index < -0.39 is 0 Å². The molecular weight excluding hydrogens is 202 g/mol. The molecule has 0 saturated carbocycles. The van der Waals surface area contributed by atoms with Crippen LogP contribution in [0.2, 0.25) is 0 Å². The number of allylic oxidation sites excluding steroid dienone is 1. The van der Waals surface area contributed by atoms with Crippen molar-refractivity contribution >= 4 is 11.8 Å². The summed E-state index contributed by atoms with van der Waals surface area (Å²) in [6, 6.07) is 0.695. The number of hydrogen-bond donors (Lipinski definition) is 1. The molecule has 0 saturated heterocycles. The molecule has 0 radical (unpaired) electrons. The van der Waals surface area contributed by atoms with E-state index in [0.717, 1.165) is 5.25 Å². The Morgan fingerprint density at radius 3 is 2.53 bits per heavy atom. The summed E-state index contributed by atoms with van der Waals surface area (Å²) in [6.07, 6.45) is 8.49. The fourth-order valence-electron chi connectivity index (χ4n) is 1.48. The van der Waals surface area contributed by atoms with Gasteiger partial charge in [0.15, 0.2) is 0 Å². The van der Waals surface area contributed by atoms with Gasteiger partial charge in [-0.05, 0) is 31.6 Å². The van der Waals surface area contributed by atoms with Crippen molar-refractivity contribution in [1.29, 1.82) is 0 Å². The quantitative estimate of drug-likeness (QED) is 0.451. The second-order valence-electron chi connectivity index (χ2n) is 4.29. The third-order valence-corrected chi connectivity index (χ3v) is 3.76. The maximum Gasteiger partial charge on any atom is 0.0155 e. The molecule has 0 aromatic heterocycles. The lowest BCUT2D eigenvalue weighted by molar-refractivity contribution is 0.526. The number of thioether (sulfide) groups is 1. The highest BCUT2D eigenvalue weighted by Crippen LogP contribution is 2.14. The smallest absolute Gasteiger partial charge is 0.0155 e. The van der Waals surface area contributed by atoms with Gasteiger partial charge < -0.3 is 5.32 Å². The van der Waals surface area contributed by atoms with Crippen molar-refractivity contribution in [2.75, 3.05) is 12.8 Å². The van der Waals surface area contributed by atoms with Gasteiger partial charge in [0.2, 0.25) is 0 Å². The maximum atomic E-state index is 3.74. The number of unbranched alkanes of at least 4 members (excludes halogenated alkanes) is 3. The van der Waals surface area contributed by atoms with E-state index in [1.165, 1.54) is 37.9 Å². The summed E-state index contributed by atoms with van der Waals surface area (Å²) in [4.78, 5) is 0. The topological polar surface area (TPSA) is 12.0 Å². The fourth-order valence-corrected chi connectivity index (χ4v) is 2.43. The van der Waals surface area contributed by atoms with Crippen molar-refractivity contribution in [2.24, 2.45) is 0 Å². The van der Waals surface area contributed by atoms with Crippen LogP contribution >= 0.6 is 11.8 Å². The molecule has 15 heavy (non-hydrogen) atoms. The molecule has 0 aromatic rings. The normalized spacial score (nSPS) is 13.1. The highest BCUT2D eigenvalue weighted by atomic mass is 32.2. The van der Waals surface area contributed by atoms with E-state index in [9.17, 15) is 0 Å². The van der Waals surface area contributed by atoms with Gasteiger partial charge >= 0.3 is 0 Å². The Morgan fingerprint density at radius 2 is 2.00 bits per heavy atom. The minimum Gasteiger partial charge on any atom is -0.316 e. The Labute approximate surface area is 100 Å². The van der Waals surface area contributed by atoms with Gasteiger partial charge in [0.1, 0.15) is 0 Å². The molecule has 1 nitrogen and oxygen atoms in total. The van der Waals surface area contributed by atoms with E-state index in [1.807, 2.05) is 6.08 Å². The first-order chi connectivity index (χ1) is 7.20. The zero-order valence-electron chi connectivity index (χ0n) is 10.6. The van der Waals surface area contributed by atoms with Gasteiger partial charge in [-0.3, -0.25) is 0 Å². The van der Waals surface area contributed by atoms with Crippen LogP contribution in [0.25, 0.3) is 0 Å². The number of rotatable bonds is 10. The fraction of sp³-hybridized carbons (Fsp3) is 0.846. The summed E-state index contributed by atoms with van der Waals surface area (Å²) in [6.45, 7) is 8.27. The number of nitrogens with one attached hydrogen (secondary N) is 1. The Bertz CT molecular complexity index is 145. The first-order valence-electron chi connectivity index (χ1n) is 6.10. The van der Waals surface area contributed by atoms with Gasteiger partial charge in [-0.2, -0.15) is 11.8 Å². The highest BCUT2D eigenvalue weighted by Gasteiger charge is 2.06. The molecule has 0 fully saturated rings. The molecule has 0 amide bonds. The standard InChI is InChI=1S/C13H27NS/c1-5-6-7-8-9-10-13(14-4)11-15-12(2)3/h5,12-14H,1,6-11H2,2-4H3. The molecule has 0 aromatic carbocycles. The summed E-state index contributed by atoms with van der Waals surface area (Å²) < 4.78 is 0. The Kier molecular flexibility index (Phi) is 10.6. The minimum atomic E-state index is 0.695. The van der Waals surface area contributed by atoms with Gasteiger partial charge in [0.05, 0.1) is 0 Å². The Balaban J connectivity index is 3.39. The van der Waals surface area contributed by atoms with Gasteiger partial charge in [-0.15, -0.1) is 6.58 Å². The van der Waals surface area contributed by atoms with Crippen LogP contribution < -0.4 is 5.32 Å². The molecule has 90 valence electrons. The van der Waals surface area contributed by atoms with Crippen LogP contribution in [-0.4, -0.2) is 24.1 Å². The lowest BCUT2D eigenvalue weighted by Crippen LogP contribution is -2.28. The van der Waals surface area contributed by atoms with Crippen LogP contribution in [0.15, 0.2) is 12.7 Å². The molecule has 0 heterocycles. The summed E-state index contributed by atoms with van der Waals surface area (Å²) in [5, 5.41) is 4.16. The van der Waals surface area contributed by atoms with E-state index in [0.29, 0.717) is 6.04 Å². The van der Waals surface area contributed by atoms with Gasteiger partial charge in [-0.25, -0.2) is 0 Å². The summed E-state index contributed by atoms with van der Waals surface area (Å²) >= 11 is 2.05. The monoisotopic (exact) mass is 229 g/mol. The van der Waals surface area contributed by atoms with E-state index >= 15 is 0 Å². The Hall–Kier alpha value is 0.0500. The first-order valence-corrected chi connectivity index (χ1v) is 7.15. The third kappa shape index (κ3) is 10.3. The SMILES string of the molecule is C=CCCCCCC(CSC(C)C)NC. The van der Waals surface area contributed by atoms with Gasteiger partial charge in [-0.1, -0.05) is 32.8 Å². The van der Waals surface area contributed by atoms with Crippen molar-refractivity contribution < 1.29 is 0 Å². The molecule has 0 rings (SSSR count). The molecule has 0 aliphatic heterocycles. The van der Waals surface area contributed by atoms with E-state index in [-0.39, 0.29) is 0 Å². The maximum absolute atomic E-state index is 3.74. The van der Waals surface area contributed by atoms with E-state index in [4.69, 9.17) is 0 Å². The van der Waals surface area contributed by atoms with E-state index in [2.05, 4.69) is 44.6 Å². The molecule has 0 aliphatic rings. The van der Waals surface area contributed by atoms with Gasteiger partial charge in [0, 0.05) is 11.8 Å². The lowest BCUT2D eigenvalue weighted by Gasteiger charge is -2.16. The van der Waals surface area contributed by atoms with Crippen LogP contribution in [0.4, 0.5) is 0 Å². The molecule has 0 spiro atoms. The predicted octanol–water partition coefficient (Wildman–Crippen LogP) is 3.85. The molecule has 0 aliphatic carbocycles. The molecule has 1 unspecified atom stereocenters. The van der Waals surface area contributed by atoms with Crippen LogP contribution in [-0.2, 0) is 0 Å². The molecular formula is C13H27NS. The second kappa shape index (κ2) is 10.6. The Morgan fingerprint density at radius 1 is 1.27 bits per heavy atom. The van der Waals surface area contributed by atoms with Gasteiger partial charge in [0.25, 0.3) is 0 Å². The largest absolute Gasteiger partial charge is 0.316 e. The summed E-state index contributed by atoms with van der Waals surface area (Å²) in [5.74, 6) is 1.25. The van der Waals surface area contributed by atoms with Crippen molar-refractivity contribution in [3.63, 3.8) is 0 Å². The zero-order chi connectivity index (χ0) is 11.5. The van der Waals surface area contributed by atoms with Crippen molar-refractivity contribution in [3.05, 3.63) is 12.7 Å². The minimum absolute atomic E-state index is 0.695. The van der Waals surface area contributed by atoms with Crippen LogP contribution in [0.3, 0.4) is 0 Å². The first kappa shape index (κ1) is 15.0. The molecule has 1 atom stereocenters. The zero-order valence-corrected chi connectivity index (χ0v) is 11.4. The summed E-state index contributed by atoms with van der Waals surface area (Å²) in [7, 11) is 2.08. The second-order valence-corrected chi connectivity index (χ2v) is 5.90. The van der Waals surface area contributed by atoms with Crippen molar-refractivity contribution in [1.82, 2.24) is 5.32 Å².